The highest BCUT2D eigenvalue weighted by atomic mass is 19.3. The summed E-state index contributed by atoms with van der Waals surface area (Å²) in [6.07, 6.45) is -2.92. The molecule has 0 fully saturated rings. The van der Waals surface area contributed by atoms with Gasteiger partial charge in [-0.25, -0.2) is 0 Å². The summed E-state index contributed by atoms with van der Waals surface area (Å²) in [4.78, 5) is 11.5. The number of hydrogen-bond donors (Lipinski definition) is 0. The zero-order valence-corrected chi connectivity index (χ0v) is 6.60. The number of rotatable bonds is 3. The summed E-state index contributed by atoms with van der Waals surface area (Å²) < 4.78 is 23.4. The maximum absolute atomic E-state index is 11.7. The van der Waals surface area contributed by atoms with E-state index >= 15 is 0 Å². The Bertz CT molecular complexity index is 168. The molecule has 0 aromatic rings. The van der Waals surface area contributed by atoms with E-state index in [9.17, 15) is 13.6 Å². The average Bonchev–Trinajstić information content (AvgIpc) is 1.84. The van der Waals surface area contributed by atoms with Crippen molar-refractivity contribution in [2.45, 2.75) is 13.3 Å². The molecule has 0 saturated heterocycles. The van der Waals surface area contributed by atoms with Gasteiger partial charge in [0, 0.05) is 13.6 Å². The van der Waals surface area contributed by atoms with Gasteiger partial charge in [0.05, 0.1) is 0 Å². The molecular formula is C7H11F2NO. The molecule has 0 N–H and O–H groups in total. The number of likely N-dealkylation sites (N-methyl/N-ethyl adjacent to an activating group) is 1. The maximum Gasteiger partial charge on any atom is 0.315 e. The lowest BCUT2D eigenvalue weighted by Gasteiger charge is -2.15. The van der Waals surface area contributed by atoms with E-state index in [4.69, 9.17) is 0 Å². The van der Waals surface area contributed by atoms with Gasteiger partial charge in [0.1, 0.15) is 0 Å². The van der Waals surface area contributed by atoms with E-state index in [2.05, 4.69) is 6.58 Å². The zero-order valence-electron chi connectivity index (χ0n) is 6.60. The molecule has 0 aromatic heterocycles. The van der Waals surface area contributed by atoms with Gasteiger partial charge in [-0.15, -0.1) is 0 Å². The van der Waals surface area contributed by atoms with Crippen molar-refractivity contribution in [2.75, 3.05) is 13.6 Å². The predicted octanol–water partition coefficient (Wildman–Crippen LogP) is 1.29. The Kier molecular flexibility index (Phi) is 3.71. The van der Waals surface area contributed by atoms with Gasteiger partial charge < -0.3 is 4.90 Å². The molecule has 0 unspecified atom stereocenters. The highest BCUT2D eigenvalue weighted by Gasteiger charge is 2.19. The molecule has 0 spiro atoms. The Morgan fingerprint density at radius 3 is 2.36 bits per heavy atom. The third-order valence-corrected chi connectivity index (χ3v) is 1.07. The van der Waals surface area contributed by atoms with E-state index < -0.39 is 12.3 Å². The summed E-state index contributed by atoms with van der Waals surface area (Å²) in [5.41, 5.74) is 0.682. The minimum atomic E-state index is -2.92. The van der Waals surface area contributed by atoms with Crippen LogP contribution in [0, 0.1) is 0 Å². The minimum absolute atomic E-state index is 0.184. The Labute approximate surface area is 64.5 Å². The summed E-state index contributed by atoms with van der Waals surface area (Å²) >= 11 is 0. The first kappa shape index (κ1) is 10.1. The summed E-state index contributed by atoms with van der Waals surface area (Å²) in [5.74, 6) is -1.16. The number of amides is 1. The third kappa shape index (κ3) is 3.70. The Balaban J connectivity index is 3.93. The molecule has 0 aliphatic carbocycles. The van der Waals surface area contributed by atoms with Crippen molar-refractivity contribution in [1.82, 2.24) is 4.90 Å². The first-order chi connectivity index (χ1) is 4.95. The van der Waals surface area contributed by atoms with Gasteiger partial charge >= 0.3 is 6.43 Å². The average molecular weight is 163 g/mol. The number of nitrogens with zero attached hydrogens (tertiary/aromatic N) is 1. The first-order valence-corrected chi connectivity index (χ1v) is 3.12. The Morgan fingerprint density at radius 2 is 2.09 bits per heavy atom. The van der Waals surface area contributed by atoms with Crippen molar-refractivity contribution in [2.24, 2.45) is 0 Å². The molecule has 0 heterocycles. The van der Waals surface area contributed by atoms with Gasteiger partial charge in [0.15, 0.2) is 0 Å². The van der Waals surface area contributed by atoms with Crippen molar-refractivity contribution in [3.8, 4) is 0 Å². The molecule has 0 bridgehead atoms. The standard InChI is InChI=1S/C7H11F2NO/c1-5(2)4-10(3)7(11)6(8)9/h6H,1,4H2,2-3H3. The number of hydrogen-bond acceptors (Lipinski definition) is 1. The second kappa shape index (κ2) is 4.05. The smallest absolute Gasteiger partial charge is 0.315 e. The van der Waals surface area contributed by atoms with E-state index in [1.54, 1.807) is 6.92 Å². The van der Waals surface area contributed by atoms with E-state index in [1.165, 1.54) is 7.05 Å². The topological polar surface area (TPSA) is 20.3 Å². The molecule has 0 rings (SSSR count). The van der Waals surface area contributed by atoms with Gasteiger partial charge in [0.25, 0.3) is 5.91 Å². The molecule has 0 aliphatic rings. The number of carbonyl (C=O) groups excluding carboxylic acids is 1. The van der Waals surface area contributed by atoms with Crippen LogP contribution in [0.15, 0.2) is 12.2 Å². The molecule has 0 saturated carbocycles. The van der Waals surface area contributed by atoms with Crippen LogP contribution in [0.3, 0.4) is 0 Å². The monoisotopic (exact) mass is 163 g/mol. The van der Waals surface area contributed by atoms with Gasteiger partial charge in [-0.05, 0) is 6.92 Å². The van der Waals surface area contributed by atoms with Crippen LogP contribution in [0.1, 0.15) is 6.92 Å². The third-order valence-electron chi connectivity index (χ3n) is 1.07. The fourth-order valence-electron chi connectivity index (χ4n) is 0.649. The van der Waals surface area contributed by atoms with Crippen molar-refractivity contribution in [3.63, 3.8) is 0 Å². The van der Waals surface area contributed by atoms with Crippen LogP contribution in [0.5, 0.6) is 0 Å². The Morgan fingerprint density at radius 1 is 1.64 bits per heavy atom. The van der Waals surface area contributed by atoms with Gasteiger partial charge in [-0.2, -0.15) is 8.78 Å². The van der Waals surface area contributed by atoms with Crippen LogP contribution in [-0.2, 0) is 4.79 Å². The van der Waals surface area contributed by atoms with Crippen molar-refractivity contribution < 1.29 is 13.6 Å². The number of alkyl halides is 2. The fraction of sp³-hybridized carbons (Fsp3) is 0.571. The maximum atomic E-state index is 11.7. The molecule has 1 amide bonds. The lowest BCUT2D eigenvalue weighted by Crippen LogP contribution is -2.33. The molecular weight excluding hydrogens is 152 g/mol. The summed E-state index contributed by atoms with van der Waals surface area (Å²) in [7, 11) is 1.32. The van der Waals surface area contributed by atoms with E-state index in [0.717, 1.165) is 4.90 Å². The predicted molar refractivity (Wildman–Crippen MR) is 38.5 cm³/mol. The SMILES string of the molecule is C=C(C)CN(C)C(=O)C(F)F. The van der Waals surface area contributed by atoms with Crippen LogP contribution < -0.4 is 0 Å². The lowest BCUT2D eigenvalue weighted by atomic mass is 10.3. The second-order valence-electron chi connectivity index (χ2n) is 2.45. The minimum Gasteiger partial charge on any atom is -0.337 e. The van der Waals surface area contributed by atoms with Crippen molar-refractivity contribution in [3.05, 3.63) is 12.2 Å². The summed E-state index contributed by atoms with van der Waals surface area (Å²) in [6, 6.07) is 0. The molecule has 2 nitrogen and oxygen atoms in total. The highest BCUT2D eigenvalue weighted by molar-refractivity contribution is 5.79. The molecule has 0 aliphatic heterocycles. The normalized spacial score (nSPS) is 9.91. The molecule has 0 radical (unpaired) electrons. The Hall–Kier alpha value is -0.930. The quantitative estimate of drug-likeness (QED) is 0.574. The lowest BCUT2D eigenvalue weighted by molar-refractivity contribution is -0.140. The molecule has 0 aromatic carbocycles. The highest BCUT2D eigenvalue weighted by Crippen LogP contribution is 2.00. The summed E-state index contributed by atoms with van der Waals surface area (Å²) in [5, 5.41) is 0. The number of halogens is 2. The largest absolute Gasteiger partial charge is 0.337 e. The second-order valence-corrected chi connectivity index (χ2v) is 2.45. The van der Waals surface area contributed by atoms with Crippen LogP contribution >= 0.6 is 0 Å². The van der Waals surface area contributed by atoms with Crippen molar-refractivity contribution >= 4 is 5.91 Å². The molecule has 0 atom stereocenters. The van der Waals surface area contributed by atoms with E-state index in [-0.39, 0.29) is 6.54 Å². The van der Waals surface area contributed by atoms with Crippen LogP contribution in [0.4, 0.5) is 8.78 Å². The first-order valence-electron chi connectivity index (χ1n) is 3.12. The molecule has 64 valence electrons. The van der Waals surface area contributed by atoms with Gasteiger partial charge in [-0.3, -0.25) is 4.79 Å². The van der Waals surface area contributed by atoms with Gasteiger partial charge in [-0.1, -0.05) is 12.2 Å². The van der Waals surface area contributed by atoms with Crippen molar-refractivity contribution in [1.29, 1.82) is 0 Å². The molecule has 4 heteroatoms. The summed E-state index contributed by atoms with van der Waals surface area (Å²) in [6.45, 7) is 5.36. The van der Waals surface area contributed by atoms with Crippen LogP contribution in [0.25, 0.3) is 0 Å². The fourth-order valence-corrected chi connectivity index (χ4v) is 0.649. The van der Waals surface area contributed by atoms with Crippen LogP contribution in [0.2, 0.25) is 0 Å². The molecule has 11 heavy (non-hydrogen) atoms. The zero-order chi connectivity index (χ0) is 9.02. The van der Waals surface area contributed by atoms with Gasteiger partial charge in [0.2, 0.25) is 0 Å². The van der Waals surface area contributed by atoms with E-state index in [1.807, 2.05) is 0 Å². The van der Waals surface area contributed by atoms with Crippen LogP contribution in [-0.4, -0.2) is 30.8 Å². The number of carbonyl (C=O) groups is 1. The van der Waals surface area contributed by atoms with E-state index in [0.29, 0.717) is 5.57 Å².